The Kier molecular flexibility index (Phi) is 2.60. The third kappa shape index (κ3) is 1.54. The van der Waals surface area contributed by atoms with E-state index >= 15 is 0 Å². The van der Waals surface area contributed by atoms with Gasteiger partial charge in [-0.25, -0.2) is 0 Å². The van der Waals surface area contributed by atoms with E-state index in [0.29, 0.717) is 6.42 Å². The van der Waals surface area contributed by atoms with Crippen LogP contribution in [0.5, 0.6) is 0 Å². The summed E-state index contributed by atoms with van der Waals surface area (Å²) >= 11 is 0. The second-order valence-electron chi connectivity index (χ2n) is 2.89. The average molecular weight is 198 g/mol. The number of carbonyl (C=O) groups is 1. The van der Waals surface area contributed by atoms with Gasteiger partial charge in [0.05, 0.1) is 6.42 Å². The molecule has 12 heavy (non-hydrogen) atoms. The Morgan fingerprint density at radius 3 is 2.92 bits per heavy atom. The van der Waals surface area contributed by atoms with Crippen molar-refractivity contribution in [3.05, 3.63) is 29.3 Å². The third-order valence-electron chi connectivity index (χ3n) is 1.89. The van der Waals surface area contributed by atoms with Crippen molar-refractivity contribution < 1.29 is 23.4 Å². The van der Waals surface area contributed by atoms with Crippen LogP contribution in [0.3, 0.4) is 0 Å². The van der Waals surface area contributed by atoms with Crippen LogP contribution in [0, 0.1) is 6.92 Å². The molecule has 1 aromatic rings. The summed E-state index contributed by atoms with van der Waals surface area (Å²) in [5, 5.41) is 2.79. The first-order valence-corrected chi connectivity index (χ1v) is 3.65. The van der Waals surface area contributed by atoms with Gasteiger partial charge in [-0.3, -0.25) is 4.79 Å². The van der Waals surface area contributed by atoms with E-state index in [-0.39, 0.29) is 24.5 Å². The van der Waals surface area contributed by atoms with Gasteiger partial charge in [-0.1, -0.05) is 17.7 Å². The maximum atomic E-state index is 10.9. The second-order valence-corrected chi connectivity index (χ2v) is 2.89. The van der Waals surface area contributed by atoms with Gasteiger partial charge in [-0.05, 0) is 18.6 Å². The molecule has 1 aliphatic heterocycles. The van der Waals surface area contributed by atoms with Crippen molar-refractivity contribution in [2.45, 2.75) is 13.3 Å². The molecule has 1 aromatic carbocycles. The van der Waals surface area contributed by atoms with Crippen LogP contribution in [0.25, 0.3) is 0 Å². The van der Waals surface area contributed by atoms with Crippen molar-refractivity contribution in [3.63, 3.8) is 0 Å². The molecule has 0 unspecified atom stereocenters. The first-order valence-electron chi connectivity index (χ1n) is 3.65. The molecular weight excluding hydrogens is 189 g/mol. The number of hydrogen-bond acceptors (Lipinski definition) is 1. The molecule has 1 heterocycles. The van der Waals surface area contributed by atoms with Crippen LogP contribution < -0.4 is 5.32 Å². The van der Waals surface area contributed by atoms with E-state index in [1.807, 2.05) is 25.1 Å². The summed E-state index contributed by atoms with van der Waals surface area (Å²) in [6.07, 6.45) is 0.539. The molecule has 2 rings (SSSR count). The summed E-state index contributed by atoms with van der Waals surface area (Å²) in [6.45, 7) is 2.03. The minimum atomic E-state index is 0. The fourth-order valence-corrected chi connectivity index (χ4v) is 1.36. The Labute approximate surface area is 83.2 Å². The number of anilines is 1. The number of benzene rings is 1. The van der Waals surface area contributed by atoms with Crippen LogP contribution >= 0.6 is 0 Å². The molecule has 1 radical (unpaired) electrons. The summed E-state index contributed by atoms with van der Waals surface area (Å²) in [4.78, 5) is 10.9. The van der Waals surface area contributed by atoms with Gasteiger partial charge in [0.25, 0.3) is 0 Å². The normalized spacial score (nSPS) is 13.2. The number of amides is 1. The Hall–Kier alpha value is -0.726. The zero-order chi connectivity index (χ0) is 7.84. The van der Waals surface area contributed by atoms with Crippen LogP contribution in [0.15, 0.2) is 18.2 Å². The fraction of sp³-hybridized carbons (Fsp3) is 0.222. The topological polar surface area (TPSA) is 29.1 Å². The Morgan fingerprint density at radius 2 is 2.17 bits per heavy atom. The molecule has 2 nitrogen and oxygen atoms in total. The zero-order valence-electron chi connectivity index (χ0n) is 6.79. The summed E-state index contributed by atoms with van der Waals surface area (Å²) < 4.78 is 0. The first-order chi connectivity index (χ1) is 5.25. The van der Waals surface area contributed by atoms with Crippen molar-refractivity contribution >= 4 is 11.6 Å². The summed E-state index contributed by atoms with van der Waals surface area (Å²) in [6, 6.07) is 6.01. The number of aryl methyl sites for hydroxylation is 1. The van der Waals surface area contributed by atoms with Crippen LogP contribution in [0.1, 0.15) is 11.1 Å². The van der Waals surface area contributed by atoms with Crippen molar-refractivity contribution in [1.29, 1.82) is 0 Å². The predicted molar refractivity (Wildman–Crippen MR) is 43.5 cm³/mol. The van der Waals surface area contributed by atoms with Crippen molar-refractivity contribution in [1.82, 2.24) is 0 Å². The summed E-state index contributed by atoms with van der Waals surface area (Å²) in [5.41, 5.74) is 3.30. The second kappa shape index (κ2) is 3.34. The van der Waals surface area contributed by atoms with E-state index in [9.17, 15) is 4.79 Å². The van der Waals surface area contributed by atoms with E-state index < -0.39 is 0 Å². The van der Waals surface area contributed by atoms with Crippen LogP contribution in [0.2, 0.25) is 0 Å². The molecule has 0 bridgehead atoms. The van der Waals surface area contributed by atoms with Crippen LogP contribution in [-0.4, -0.2) is 5.91 Å². The molecule has 0 saturated heterocycles. The zero-order valence-corrected chi connectivity index (χ0v) is 8.19. The van der Waals surface area contributed by atoms with Gasteiger partial charge in [-0.2, -0.15) is 0 Å². The molecule has 1 N–H and O–H groups in total. The molecule has 0 fully saturated rings. The first kappa shape index (κ1) is 9.36. The van der Waals surface area contributed by atoms with E-state index in [4.69, 9.17) is 0 Å². The summed E-state index contributed by atoms with van der Waals surface area (Å²) in [5.74, 6) is 0.102. The molecule has 0 aliphatic carbocycles. The molecule has 0 spiro atoms. The standard InChI is InChI=1S/C9H9NO.V/c1-6-2-3-8-7(4-6)5-9(11)10-8;/h2-4H,5H2,1H3,(H,10,11);. The van der Waals surface area contributed by atoms with Crippen molar-refractivity contribution in [3.8, 4) is 0 Å². The molecule has 61 valence electrons. The van der Waals surface area contributed by atoms with Gasteiger partial charge < -0.3 is 5.32 Å². The average Bonchev–Trinajstić information content (AvgIpc) is 2.27. The Balaban J connectivity index is 0.000000720. The summed E-state index contributed by atoms with van der Waals surface area (Å²) in [7, 11) is 0. The van der Waals surface area contributed by atoms with E-state index in [2.05, 4.69) is 5.32 Å². The van der Waals surface area contributed by atoms with E-state index in [0.717, 1.165) is 11.3 Å². The molecular formula is C9H9NOV. The third-order valence-corrected chi connectivity index (χ3v) is 1.89. The molecule has 0 aromatic heterocycles. The maximum absolute atomic E-state index is 10.9. The number of carbonyl (C=O) groups excluding carboxylic acids is 1. The molecule has 0 atom stereocenters. The van der Waals surface area contributed by atoms with Gasteiger partial charge in [0.1, 0.15) is 0 Å². The molecule has 3 heteroatoms. The largest absolute Gasteiger partial charge is 0.326 e. The number of nitrogens with one attached hydrogen (secondary N) is 1. The number of fused-ring (bicyclic) bond motifs is 1. The predicted octanol–water partition coefficient (Wildman–Crippen LogP) is 1.49. The minimum Gasteiger partial charge on any atom is -0.326 e. The van der Waals surface area contributed by atoms with Crippen LogP contribution in [0.4, 0.5) is 5.69 Å². The quantitative estimate of drug-likeness (QED) is 0.672. The van der Waals surface area contributed by atoms with Gasteiger partial charge in [-0.15, -0.1) is 0 Å². The van der Waals surface area contributed by atoms with Gasteiger partial charge in [0, 0.05) is 24.2 Å². The SMILES string of the molecule is Cc1ccc2c(c1)CC(=O)N2.[V]. The Bertz CT molecular complexity index is 322. The molecule has 1 aliphatic rings. The van der Waals surface area contributed by atoms with Gasteiger partial charge >= 0.3 is 0 Å². The number of hydrogen-bond donors (Lipinski definition) is 1. The van der Waals surface area contributed by atoms with Gasteiger partial charge in [0.15, 0.2) is 0 Å². The minimum absolute atomic E-state index is 0. The Morgan fingerprint density at radius 1 is 1.42 bits per heavy atom. The van der Waals surface area contributed by atoms with Crippen molar-refractivity contribution in [2.75, 3.05) is 5.32 Å². The van der Waals surface area contributed by atoms with Gasteiger partial charge in [0.2, 0.25) is 5.91 Å². The fourth-order valence-electron chi connectivity index (χ4n) is 1.36. The van der Waals surface area contributed by atoms with Crippen LogP contribution in [-0.2, 0) is 29.8 Å². The molecule has 1 amide bonds. The molecule has 0 saturated carbocycles. The maximum Gasteiger partial charge on any atom is 0.228 e. The van der Waals surface area contributed by atoms with E-state index in [1.54, 1.807) is 0 Å². The van der Waals surface area contributed by atoms with E-state index in [1.165, 1.54) is 5.56 Å². The van der Waals surface area contributed by atoms with Crippen molar-refractivity contribution in [2.24, 2.45) is 0 Å². The number of rotatable bonds is 0. The monoisotopic (exact) mass is 198 g/mol. The smallest absolute Gasteiger partial charge is 0.228 e.